The van der Waals surface area contributed by atoms with Gasteiger partial charge in [0.05, 0.1) is 22.0 Å². The van der Waals surface area contributed by atoms with E-state index in [1.54, 1.807) is 12.1 Å². The second-order valence-electron chi connectivity index (χ2n) is 7.92. The number of rotatable bonds is 9. The molecular formula is C23H28N4O4S. The van der Waals surface area contributed by atoms with Gasteiger partial charge in [-0.05, 0) is 56.5 Å². The van der Waals surface area contributed by atoms with Crippen molar-refractivity contribution in [1.29, 1.82) is 0 Å². The summed E-state index contributed by atoms with van der Waals surface area (Å²) in [4.78, 5) is 17.2. The van der Waals surface area contributed by atoms with Crippen LogP contribution in [0.15, 0.2) is 53.4 Å². The van der Waals surface area contributed by atoms with Gasteiger partial charge in [-0.2, -0.15) is 0 Å². The van der Waals surface area contributed by atoms with E-state index in [0.717, 1.165) is 42.7 Å². The van der Waals surface area contributed by atoms with E-state index >= 15 is 0 Å². The largest absolute Gasteiger partial charge is 0.377 e. The topological polar surface area (TPSA) is 102 Å². The lowest BCUT2D eigenvalue weighted by Gasteiger charge is -2.12. The average Bonchev–Trinajstić information content (AvgIpc) is 3.43. The van der Waals surface area contributed by atoms with Crippen molar-refractivity contribution in [3.8, 4) is 0 Å². The summed E-state index contributed by atoms with van der Waals surface area (Å²) in [5.74, 6) is 0.638. The quantitative estimate of drug-likeness (QED) is 0.482. The maximum atomic E-state index is 12.6. The van der Waals surface area contributed by atoms with Gasteiger partial charge in [-0.15, -0.1) is 0 Å². The number of fused-ring (bicyclic) bond motifs is 1. The Labute approximate surface area is 188 Å². The van der Waals surface area contributed by atoms with Gasteiger partial charge in [0.2, 0.25) is 10.0 Å². The summed E-state index contributed by atoms with van der Waals surface area (Å²) < 4.78 is 35.3. The second kappa shape index (κ2) is 9.81. The molecule has 2 aromatic carbocycles. The summed E-state index contributed by atoms with van der Waals surface area (Å²) in [5, 5.41) is 2.88. The molecule has 2 heterocycles. The van der Waals surface area contributed by atoms with Gasteiger partial charge in [-0.25, -0.2) is 18.1 Å². The first-order valence-corrected chi connectivity index (χ1v) is 12.3. The maximum absolute atomic E-state index is 12.6. The second-order valence-corrected chi connectivity index (χ2v) is 9.69. The first kappa shape index (κ1) is 22.4. The molecule has 1 saturated heterocycles. The summed E-state index contributed by atoms with van der Waals surface area (Å²) in [6.45, 7) is 4.07. The van der Waals surface area contributed by atoms with Gasteiger partial charge in [0.25, 0.3) is 5.91 Å². The van der Waals surface area contributed by atoms with Crippen molar-refractivity contribution in [2.75, 3.05) is 19.7 Å². The number of para-hydroxylation sites is 2. The summed E-state index contributed by atoms with van der Waals surface area (Å²) >= 11 is 0. The molecule has 1 atom stereocenters. The number of ether oxygens (including phenoxy) is 1. The lowest BCUT2D eigenvalue weighted by atomic mass is 10.2. The Morgan fingerprint density at radius 1 is 1.22 bits per heavy atom. The molecule has 4 rings (SSSR count). The first-order chi connectivity index (χ1) is 15.4. The zero-order valence-corrected chi connectivity index (χ0v) is 18.9. The number of nitrogens with one attached hydrogen (secondary N) is 2. The summed E-state index contributed by atoms with van der Waals surface area (Å²) in [5.41, 5.74) is 2.35. The standard InChI is InChI=1S/C23H28N4O4S/c1-17-26-21-10-2-3-11-22(21)27(17)13-6-12-24-23(28)18-7-4-9-20(15-18)32(29,30)25-16-19-8-5-14-31-19/h2-4,7,9-11,15,19,25H,5-6,8,12-14,16H2,1H3,(H,24,28). The number of hydrogen-bond acceptors (Lipinski definition) is 5. The fourth-order valence-electron chi connectivity index (χ4n) is 3.92. The highest BCUT2D eigenvalue weighted by Gasteiger charge is 2.21. The number of amides is 1. The number of sulfonamides is 1. The van der Waals surface area contributed by atoms with Crippen LogP contribution in [0.4, 0.5) is 0 Å². The van der Waals surface area contributed by atoms with Crippen LogP contribution in [-0.2, 0) is 21.3 Å². The molecule has 0 spiro atoms. The molecule has 2 N–H and O–H groups in total. The number of hydrogen-bond donors (Lipinski definition) is 2. The minimum absolute atomic E-state index is 0.0728. The molecule has 1 aliphatic heterocycles. The zero-order valence-electron chi connectivity index (χ0n) is 18.1. The van der Waals surface area contributed by atoms with Crippen molar-refractivity contribution >= 4 is 27.0 Å². The van der Waals surface area contributed by atoms with E-state index in [1.165, 1.54) is 12.1 Å². The van der Waals surface area contributed by atoms with Crippen LogP contribution in [0.1, 0.15) is 35.4 Å². The van der Waals surface area contributed by atoms with E-state index in [9.17, 15) is 13.2 Å². The van der Waals surface area contributed by atoms with Crippen molar-refractivity contribution in [2.45, 2.75) is 43.7 Å². The fraction of sp³-hybridized carbons (Fsp3) is 0.391. The third-order valence-corrected chi connectivity index (χ3v) is 7.04. The summed E-state index contributed by atoms with van der Waals surface area (Å²) in [7, 11) is -3.70. The number of carbonyl (C=O) groups excluding carboxylic acids is 1. The Balaban J connectivity index is 1.32. The molecule has 8 nitrogen and oxygen atoms in total. The van der Waals surface area contributed by atoms with Crippen molar-refractivity contribution in [3.63, 3.8) is 0 Å². The minimum Gasteiger partial charge on any atom is -0.377 e. The van der Waals surface area contributed by atoms with Crippen molar-refractivity contribution in [2.24, 2.45) is 0 Å². The molecular weight excluding hydrogens is 428 g/mol. The highest BCUT2D eigenvalue weighted by Crippen LogP contribution is 2.16. The van der Waals surface area contributed by atoms with Crippen LogP contribution in [-0.4, -0.2) is 49.7 Å². The highest BCUT2D eigenvalue weighted by molar-refractivity contribution is 7.89. The zero-order chi connectivity index (χ0) is 22.6. The average molecular weight is 457 g/mol. The van der Waals surface area contributed by atoms with Gasteiger partial charge in [-0.1, -0.05) is 18.2 Å². The first-order valence-electron chi connectivity index (χ1n) is 10.9. The molecule has 9 heteroatoms. The van der Waals surface area contributed by atoms with Crippen molar-refractivity contribution in [1.82, 2.24) is 19.6 Å². The Bertz CT molecular complexity index is 1200. The SMILES string of the molecule is Cc1nc2ccccc2n1CCCNC(=O)c1cccc(S(=O)(=O)NCC2CCCO2)c1. The lowest BCUT2D eigenvalue weighted by molar-refractivity contribution is 0.0952. The molecule has 0 saturated carbocycles. The Morgan fingerprint density at radius 3 is 2.88 bits per heavy atom. The lowest BCUT2D eigenvalue weighted by Crippen LogP contribution is -2.32. The van der Waals surface area contributed by atoms with Crippen LogP contribution in [0, 0.1) is 6.92 Å². The van der Waals surface area contributed by atoms with Crippen LogP contribution < -0.4 is 10.0 Å². The highest BCUT2D eigenvalue weighted by atomic mass is 32.2. The molecule has 32 heavy (non-hydrogen) atoms. The smallest absolute Gasteiger partial charge is 0.251 e. The third-order valence-electron chi connectivity index (χ3n) is 5.62. The van der Waals surface area contributed by atoms with E-state index in [4.69, 9.17) is 4.74 Å². The van der Waals surface area contributed by atoms with Gasteiger partial charge in [0, 0.05) is 31.8 Å². The molecule has 1 fully saturated rings. The predicted molar refractivity (Wildman–Crippen MR) is 122 cm³/mol. The Kier molecular flexibility index (Phi) is 6.88. The van der Waals surface area contributed by atoms with Crippen molar-refractivity contribution in [3.05, 3.63) is 59.9 Å². The van der Waals surface area contributed by atoms with E-state index in [-0.39, 0.29) is 23.5 Å². The normalized spacial score (nSPS) is 16.5. The van der Waals surface area contributed by atoms with Crippen LogP contribution in [0.2, 0.25) is 0 Å². The van der Waals surface area contributed by atoms with Gasteiger partial charge in [0.1, 0.15) is 5.82 Å². The van der Waals surface area contributed by atoms with E-state index in [2.05, 4.69) is 19.6 Å². The van der Waals surface area contributed by atoms with Gasteiger partial charge in [0.15, 0.2) is 0 Å². The van der Waals surface area contributed by atoms with Crippen LogP contribution in [0.25, 0.3) is 11.0 Å². The number of aromatic nitrogens is 2. The molecule has 170 valence electrons. The fourth-order valence-corrected chi connectivity index (χ4v) is 5.03. The van der Waals surface area contributed by atoms with Crippen LogP contribution >= 0.6 is 0 Å². The van der Waals surface area contributed by atoms with Crippen LogP contribution in [0.5, 0.6) is 0 Å². The van der Waals surface area contributed by atoms with Crippen molar-refractivity contribution < 1.29 is 17.9 Å². The van der Waals surface area contributed by atoms with E-state index < -0.39 is 10.0 Å². The molecule has 1 aromatic heterocycles. The molecule has 1 amide bonds. The van der Waals surface area contributed by atoms with Crippen LogP contribution in [0.3, 0.4) is 0 Å². The molecule has 0 bridgehead atoms. The Morgan fingerprint density at radius 2 is 2.06 bits per heavy atom. The predicted octanol–water partition coefficient (Wildman–Crippen LogP) is 2.62. The number of aryl methyl sites for hydroxylation is 2. The van der Waals surface area contributed by atoms with Gasteiger partial charge < -0.3 is 14.6 Å². The minimum atomic E-state index is -3.70. The summed E-state index contributed by atoms with van der Waals surface area (Å²) in [6.07, 6.45) is 2.43. The number of imidazole rings is 1. The summed E-state index contributed by atoms with van der Waals surface area (Å²) in [6, 6.07) is 14.1. The number of benzene rings is 2. The molecule has 1 aliphatic rings. The number of carbonyl (C=O) groups is 1. The third kappa shape index (κ3) is 5.17. The van der Waals surface area contributed by atoms with Gasteiger partial charge in [-0.3, -0.25) is 4.79 Å². The monoisotopic (exact) mass is 456 g/mol. The maximum Gasteiger partial charge on any atom is 0.251 e. The number of nitrogens with zero attached hydrogens (tertiary/aromatic N) is 2. The molecule has 3 aromatic rings. The molecule has 0 aliphatic carbocycles. The van der Waals surface area contributed by atoms with E-state index in [1.807, 2.05) is 31.2 Å². The van der Waals surface area contributed by atoms with E-state index in [0.29, 0.717) is 18.7 Å². The molecule has 1 unspecified atom stereocenters. The Hall–Kier alpha value is -2.75. The molecule has 0 radical (unpaired) electrons. The van der Waals surface area contributed by atoms with Gasteiger partial charge >= 0.3 is 0 Å².